The zero-order valence-corrected chi connectivity index (χ0v) is 27.0. The summed E-state index contributed by atoms with van der Waals surface area (Å²) in [6.07, 6.45) is 5.96. The van der Waals surface area contributed by atoms with E-state index in [0.717, 1.165) is 41.0 Å². The molecule has 0 radical (unpaired) electrons. The topological polar surface area (TPSA) is 97.2 Å². The van der Waals surface area contributed by atoms with Crippen molar-refractivity contribution in [2.75, 3.05) is 30.4 Å². The molecule has 234 valence electrons. The van der Waals surface area contributed by atoms with Crippen LogP contribution in [-0.2, 0) is 22.8 Å². The Morgan fingerprint density at radius 3 is 2.57 bits per heavy atom. The van der Waals surface area contributed by atoms with E-state index in [1.165, 1.54) is 10.9 Å². The van der Waals surface area contributed by atoms with E-state index in [9.17, 15) is 13.2 Å². The average Bonchev–Trinajstić information content (AvgIpc) is 3.54. The minimum absolute atomic E-state index is 0.00332. The predicted octanol–water partition coefficient (Wildman–Crippen LogP) is 6.77. The van der Waals surface area contributed by atoms with Crippen LogP contribution >= 0.6 is 11.3 Å². The smallest absolute Gasteiger partial charge is 0.255 e. The van der Waals surface area contributed by atoms with Gasteiger partial charge in [0, 0.05) is 33.8 Å². The molecule has 3 aromatic heterocycles. The summed E-state index contributed by atoms with van der Waals surface area (Å²) in [6, 6.07) is 13.2. The third-order valence-corrected chi connectivity index (χ3v) is 11.7. The third-order valence-electron chi connectivity index (χ3n) is 8.67. The molecule has 1 atom stereocenters. The number of pyridine rings is 1. The van der Waals surface area contributed by atoms with E-state index in [-0.39, 0.29) is 35.5 Å². The van der Waals surface area contributed by atoms with Gasteiger partial charge in [-0.1, -0.05) is 49.9 Å². The molecule has 1 fully saturated rings. The quantitative estimate of drug-likeness (QED) is 0.246. The molecule has 6 rings (SSSR count). The molecule has 5 heterocycles. The fourth-order valence-electron chi connectivity index (χ4n) is 6.15. The van der Waals surface area contributed by atoms with Crippen LogP contribution in [0.2, 0.25) is 0 Å². The number of sulfone groups is 1. The van der Waals surface area contributed by atoms with Crippen molar-refractivity contribution in [3.63, 3.8) is 0 Å². The molecule has 1 N–H and O–H groups in total. The molecule has 1 aromatic carbocycles. The number of hydrogen-bond donors (Lipinski definition) is 1. The summed E-state index contributed by atoms with van der Waals surface area (Å²) in [4.78, 5) is 26.8. The van der Waals surface area contributed by atoms with Crippen molar-refractivity contribution in [3.05, 3.63) is 75.1 Å². The Hall–Kier alpha value is -3.08. The Kier molecular flexibility index (Phi) is 8.03. The maximum absolute atomic E-state index is 14.1. The van der Waals surface area contributed by atoms with Crippen LogP contribution in [0.15, 0.2) is 53.6 Å². The van der Waals surface area contributed by atoms with Crippen LogP contribution in [0, 0.1) is 0 Å². The van der Waals surface area contributed by atoms with E-state index < -0.39 is 28.4 Å². The SMILES string of the molecule is [2H]C1([2H])c2ccccc2-c2ccc(s2)[C@@H](C)Nc2ncnc3c2cc(C2CCS(=O)(=O)CC2)c(=O)n3C([2H])([2H])CCCCCCCN1C. The van der Waals surface area contributed by atoms with Crippen molar-refractivity contribution in [2.24, 2.45) is 0 Å². The van der Waals surface area contributed by atoms with Gasteiger partial charge < -0.3 is 10.2 Å². The van der Waals surface area contributed by atoms with Crippen molar-refractivity contribution in [1.29, 1.82) is 0 Å². The van der Waals surface area contributed by atoms with Gasteiger partial charge in [0.1, 0.15) is 27.6 Å². The first-order valence-electron chi connectivity index (χ1n) is 17.6. The zero-order valence-electron chi connectivity index (χ0n) is 29.4. The molecular weight excluding hydrogens is 591 g/mol. The molecule has 4 aromatic rings. The lowest BCUT2D eigenvalue weighted by atomic mass is 9.93. The molecule has 0 unspecified atom stereocenters. The van der Waals surface area contributed by atoms with Gasteiger partial charge in [-0.2, -0.15) is 0 Å². The predicted molar refractivity (Wildman–Crippen MR) is 180 cm³/mol. The van der Waals surface area contributed by atoms with E-state index in [0.29, 0.717) is 48.1 Å². The van der Waals surface area contributed by atoms with Gasteiger partial charge in [-0.3, -0.25) is 9.36 Å². The largest absolute Gasteiger partial charge is 0.362 e. The van der Waals surface area contributed by atoms with E-state index in [1.54, 1.807) is 22.3 Å². The van der Waals surface area contributed by atoms with Crippen molar-refractivity contribution in [2.45, 2.75) is 83.2 Å². The number of benzene rings is 1. The van der Waals surface area contributed by atoms with Crippen LogP contribution in [0.1, 0.15) is 91.7 Å². The highest BCUT2D eigenvalue weighted by Gasteiger charge is 2.28. The van der Waals surface area contributed by atoms with Crippen LogP contribution in [0.4, 0.5) is 5.82 Å². The van der Waals surface area contributed by atoms with Gasteiger partial charge in [0.25, 0.3) is 5.56 Å². The Morgan fingerprint density at radius 2 is 1.75 bits per heavy atom. The maximum Gasteiger partial charge on any atom is 0.255 e. The lowest BCUT2D eigenvalue weighted by Crippen LogP contribution is -2.30. The van der Waals surface area contributed by atoms with Crippen LogP contribution in [0.5, 0.6) is 0 Å². The average molecular weight is 638 g/mol. The summed E-state index contributed by atoms with van der Waals surface area (Å²) in [5.74, 6) is 0.139. The molecule has 44 heavy (non-hydrogen) atoms. The summed E-state index contributed by atoms with van der Waals surface area (Å²) in [5, 5.41) is 4.00. The second kappa shape index (κ2) is 13.5. The first-order valence-corrected chi connectivity index (χ1v) is 18.2. The Balaban J connectivity index is 1.45. The number of aromatic nitrogens is 3. The first-order chi connectivity index (χ1) is 22.8. The fraction of sp³-hybridized carbons (Fsp3) is 0.500. The minimum Gasteiger partial charge on any atom is -0.362 e. The lowest BCUT2D eigenvalue weighted by molar-refractivity contribution is 0.316. The lowest BCUT2D eigenvalue weighted by Gasteiger charge is -2.24. The van der Waals surface area contributed by atoms with Crippen molar-refractivity contribution >= 4 is 38.0 Å². The molecule has 6 bridgehead atoms. The van der Waals surface area contributed by atoms with Crippen molar-refractivity contribution in [1.82, 2.24) is 19.4 Å². The number of thiophene rings is 1. The normalized spacial score (nSPS) is 24.5. The summed E-state index contributed by atoms with van der Waals surface area (Å²) >= 11 is 1.57. The van der Waals surface area contributed by atoms with Gasteiger partial charge in [0.05, 0.1) is 22.9 Å². The summed E-state index contributed by atoms with van der Waals surface area (Å²) in [6.45, 7) is -1.13. The summed E-state index contributed by atoms with van der Waals surface area (Å²) in [7, 11) is -1.34. The molecule has 10 heteroatoms. The second-order valence-electron chi connectivity index (χ2n) is 11.9. The molecule has 1 saturated heterocycles. The van der Waals surface area contributed by atoms with Gasteiger partial charge >= 0.3 is 0 Å². The number of hydrogen-bond acceptors (Lipinski definition) is 8. The van der Waals surface area contributed by atoms with Gasteiger partial charge in [-0.25, -0.2) is 18.4 Å². The highest BCUT2D eigenvalue weighted by atomic mass is 32.2. The van der Waals surface area contributed by atoms with E-state index in [4.69, 9.17) is 5.48 Å². The maximum atomic E-state index is 14.1. The molecule has 2 aliphatic heterocycles. The highest BCUT2D eigenvalue weighted by Crippen LogP contribution is 2.36. The number of anilines is 1. The highest BCUT2D eigenvalue weighted by molar-refractivity contribution is 7.91. The molecule has 0 amide bonds. The van der Waals surface area contributed by atoms with Gasteiger partial charge in [-0.15, -0.1) is 11.3 Å². The van der Waals surface area contributed by atoms with Crippen molar-refractivity contribution < 1.29 is 13.9 Å². The van der Waals surface area contributed by atoms with E-state index >= 15 is 0 Å². The summed E-state index contributed by atoms with van der Waals surface area (Å²) < 4.78 is 62.1. The monoisotopic (exact) mass is 637 g/mol. The standard InChI is InChI=1S/C34H43N5O3S2/c1-24-30-13-14-31(43-30)27-12-8-7-11-26(27)22-38(2)17-9-5-3-4-6-10-18-39-33-29(32(37-24)35-23-36-33)21-28(34(39)40)25-15-19-44(41,42)20-16-25/h7-8,11-14,21,23-25H,3-6,9-10,15-20,22H2,1-2H3,(H,35,36,37)/t24-/m1/s1/i18D2,22D2. The third kappa shape index (κ3) is 6.92. The number of aryl methyl sites for hydroxylation is 1. The molecule has 0 aliphatic carbocycles. The summed E-state index contributed by atoms with van der Waals surface area (Å²) in [5.41, 5.74) is 1.61. The van der Waals surface area contributed by atoms with Crippen LogP contribution in [-0.4, -0.2) is 53.0 Å². The molecule has 0 spiro atoms. The molecule has 0 saturated carbocycles. The number of nitrogens with zero attached hydrogens (tertiary/aromatic N) is 4. The number of fused-ring (bicyclic) bond motifs is 4. The first kappa shape index (κ1) is 26.2. The van der Waals surface area contributed by atoms with Gasteiger partial charge in [0.2, 0.25) is 0 Å². The number of rotatable bonds is 1. The number of nitrogens with one attached hydrogen (secondary N) is 1. The zero-order chi connectivity index (χ0) is 34.3. The second-order valence-corrected chi connectivity index (χ2v) is 15.4. The van der Waals surface area contributed by atoms with Gasteiger partial charge in [0.15, 0.2) is 0 Å². The Bertz CT molecular complexity index is 1950. The minimum atomic E-state index is -3.16. The Labute approximate surface area is 270 Å². The fourth-order valence-corrected chi connectivity index (χ4v) is 8.69. The molecule has 8 nitrogen and oxygen atoms in total. The van der Waals surface area contributed by atoms with Crippen LogP contribution in [0.3, 0.4) is 0 Å². The molecule has 2 aliphatic rings. The molecular formula is C34H43N5O3S2. The Morgan fingerprint density at radius 1 is 1.00 bits per heavy atom. The van der Waals surface area contributed by atoms with Crippen LogP contribution < -0.4 is 10.9 Å². The van der Waals surface area contributed by atoms with E-state index in [1.807, 2.05) is 50.4 Å². The van der Waals surface area contributed by atoms with E-state index in [2.05, 4.69) is 15.3 Å². The van der Waals surface area contributed by atoms with Crippen LogP contribution in [0.25, 0.3) is 21.5 Å². The van der Waals surface area contributed by atoms with Gasteiger partial charge in [-0.05, 0) is 81.4 Å². The van der Waals surface area contributed by atoms with Crippen molar-refractivity contribution in [3.8, 4) is 10.4 Å².